The molecule has 1 aliphatic heterocycles. The molecule has 7 nitrogen and oxygen atoms in total. The fourth-order valence-electron chi connectivity index (χ4n) is 4.37. The van der Waals surface area contributed by atoms with Crippen LogP contribution in [0.5, 0.6) is 0 Å². The van der Waals surface area contributed by atoms with Crippen molar-refractivity contribution >= 4 is 11.2 Å². The Kier molecular flexibility index (Phi) is 5.41. The number of hydrogen-bond acceptors (Lipinski definition) is 4. The molecule has 0 unspecified atom stereocenters. The molecule has 0 saturated carbocycles. The number of piperidine rings is 1. The molecular weight excluding hydrogens is 366 g/mol. The largest absolute Gasteiger partial charge is 0.332 e. The van der Waals surface area contributed by atoms with Crippen molar-refractivity contribution in [3.05, 3.63) is 62.6 Å². The van der Waals surface area contributed by atoms with E-state index in [9.17, 15) is 9.59 Å². The maximum Gasteiger partial charge on any atom is 0.332 e. The summed E-state index contributed by atoms with van der Waals surface area (Å²) in [5.41, 5.74) is 1.60. The van der Waals surface area contributed by atoms with Crippen LogP contribution in [-0.2, 0) is 33.6 Å². The van der Waals surface area contributed by atoms with Crippen molar-refractivity contribution in [3.8, 4) is 0 Å². The van der Waals surface area contributed by atoms with Gasteiger partial charge in [0.1, 0.15) is 5.82 Å². The summed E-state index contributed by atoms with van der Waals surface area (Å²) in [4.78, 5) is 32.6. The third-order valence-electron chi connectivity index (χ3n) is 6.00. The minimum Gasteiger partial charge on any atom is -0.321 e. The van der Waals surface area contributed by atoms with E-state index in [0.717, 1.165) is 25.3 Å². The van der Waals surface area contributed by atoms with Crippen molar-refractivity contribution in [2.75, 3.05) is 13.1 Å². The third kappa shape index (κ3) is 3.79. The molecule has 3 heterocycles. The number of fused-ring (bicyclic) bond motifs is 1. The van der Waals surface area contributed by atoms with Crippen molar-refractivity contribution in [2.24, 2.45) is 20.0 Å². The minimum absolute atomic E-state index is 0.276. The molecule has 0 spiro atoms. The van der Waals surface area contributed by atoms with Crippen molar-refractivity contribution in [1.29, 1.82) is 0 Å². The highest BCUT2D eigenvalue weighted by Crippen LogP contribution is 2.20. The number of hydrogen-bond donors (Lipinski definition) is 0. The highest BCUT2D eigenvalue weighted by Gasteiger charge is 2.22. The Morgan fingerprint density at radius 2 is 1.86 bits per heavy atom. The van der Waals surface area contributed by atoms with Gasteiger partial charge in [-0.15, -0.1) is 0 Å². The van der Waals surface area contributed by atoms with E-state index in [0.29, 0.717) is 30.2 Å². The van der Waals surface area contributed by atoms with E-state index in [1.165, 1.54) is 34.6 Å². The Bertz CT molecular complexity index is 1130. The van der Waals surface area contributed by atoms with Gasteiger partial charge in [-0.25, -0.2) is 9.78 Å². The van der Waals surface area contributed by atoms with E-state index in [-0.39, 0.29) is 11.2 Å². The van der Waals surface area contributed by atoms with E-state index >= 15 is 0 Å². The van der Waals surface area contributed by atoms with Gasteiger partial charge in [-0.1, -0.05) is 37.3 Å². The van der Waals surface area contributed by atoms with Gasteiger partial charge in [0.05, 0.1) is 6.54 Å². The highest BCUT2D eigenvalue weighted by atomic mass is 16.2. The molecule has 0 amide bonds. The molecule has 2 aromatic heterocycles. The standard InChI is InChI=1S/C22H29N5O2/c1-16-8-7-12-26(14-16)15-18-23-20-19(21(28)25(3)22(29)24(20)2)27(18)13-11-17-9-5-4-6-10-17/h4-6,9-10,16H,7-8,11-15H2,1-3H3/t16-/m0/s1. The first kappa shape index (κ1) is 19.6. The first-order valence-corrected chi connectivity index (χ1v) is 10.4. The highest BCUT2D eigenvalue weighted by molar-refractivity contribution is 5.71. The molecule has 7 heteroatoms. The Labute approximate surface area is 170 Å². The van der Waals surface area contributed by atoms with E-state index in [2.05, 4.69) is 24.0 Å². The SMILES string of the molecule is C[C@H]1CCCN(Cc2nc3c(c(=O)n(C)c(=O)n3C)n2CCc2ccccc2)C1. The van der Waals surface area contributed by atoms with Crippen LogP contribution >= 0.6 is 0 Å². The fraction of sp³-hybridized carbons (Fsp3) is 0.500. The molecule has 154 valence electrons. The second-order valence-corrected chi connectivity index (χ2v) is 8.28. The summed E-state index contributed by atoms with van der Waals surface area (Å²) in [6.45, 7) is 5.73. The van der Waals surface area contributed by atoms with E-state index in [4.69, 9.17) is 4.98 Å². The van der Waals surface area contributed by atoms with Gasteiger partial charge in [-0.3, -0.25) is 18.8 Å². The Morgan fingerprint density at radius 3 is 2.59 bits per heavy atom. The molecule has 1 saturated heterocycles. The van der Waals surface area contributed by atoms with Gasteiger partial charge in [0.15, 0.2) is 11.2 Å². The van der Waals surface area contributed by atoms with Crippen LogP contribution in [0.2, 0.25) is 0 Å². The van der Waals surface area contributed by atoms with Gasteiger partial charge in [0, 0.05) is 27.2 Å². The van der Waals surface area contributed by atoms with Crippen molar-refractivity contribution in [2.45, 2.75) is 39.3 Å². The van der Waals surface area contributed by atoms with Crippen LogP contribution < -0.4 is 11.2 Å². The fourth-order valence-corrected chi connectivity index (χ4v) is 4.37. The summed E-state index contributed by atoms with van der Waals surface area (Å²) in [6, 6.07) is 10.3. The first-order valence-electron chi connectivity index (χ1n) is 10.4. The van der Waals surface area contributed by atoms with Gasteiger partial charge in [0.25, 0.3) is 5.56 Å². The third-order valence-corrected chi connectivity index (χ3v) is 6.00. The quantitative estimate of drug-likeness (QED) is 0.662. The number of nitrogens with zero attached hydrogens (tertiary/aromatic N) is 5. The van der Waals surface area contributed by atoms with Gasteiger partial charge < -0.3 is 4.57 Å². The summed E-state index contributed by atoms with van der Waals surface area (Å²) in [7, 11) is 3.22. The molecule has 1 aliphatic rings. The van der Waals surface area contributed by atoms with Crippen LogP contribution in [0.25, 0.3) is 11.2 Å². The number of aryl methyl sites for hydroxylation is 3. The smallest absolute Gasteiger partial charge is 0.321 e. The molecule has 0 bridgehead atoms. The van der Waals surface area contributed by atoms with E-state index in [1.54, 1.807) is 7.05 Å². The monoisotopic (exact) mass is 395 g/mol. The van der Waals surface area contributed by atoms with Crippen molar-refractivity contribution in [1.82, 2.24) is 23.6 Å². The lowest BCUT2D eigenvalue weighted by atomic mass is 10.0. The topological polar surface area (TPSA) is 65.1 Å². The summed E-state index contributed by atoms with van der Waals surface area (Å²) < 4.78 is 4.69. The Morgan fingerprint density at radius 1 is 1.10 bits per heavy atom. The molecule has 29 heavy (non-hydrogen) atoms. The molecule has 1 atom stereocenters. The van der Waals surface area contributed by atoms with Crippen LogP contribution in [0.4, 0.5) is 0 Å². The lowest BCUT2D eigenvalue weighted by Gasteiger charge is -2.30. The second-order valence-electron chi connectivity index (χ2n) is 8.28. The number of benzene rings is 1. The predicted molar refractivity (Wildman–Crippen MR) is 114 cm³/mol. The average molecular weight is 396 g/mol. The Hall–Kier alpha value is -2.67. The van der Waals surface area contributed by atoms with E-state index in [1.807, 2.05) is 22.8 Å². The molecule has 0 aliphatic carbocycles. The normalized spacial score (nSPS) is 17.8. The van der Waals surface area contributed by atoms with E-state index < -0.39 is 0 Å². The summed E-state index contributed by atoms with van der Waals surface area (Å²) in [6.07, 6.45) is 3.25. The summed E-state index contributed by atoms with van der Waals surface area (Å²) in [5, 5.41) is 0. The summed E-state index contributed by atoms with van der Waals surface area (Å²) >= 11 is 0. The molecular formula is C22H29N5O2. The van der Waals surface area contributed by atoms with Crippen LogP contribution in [-0.4, -0.2) is 36.7 Å². The lowest BCUT2D eigenvalue weighted by molar-refractivity contribution is 0.171. The molecule has 1 fully saturated rings. The molecule has 4 rings (SSSR count). The second kappa shape index (κ2) is 7.99. The zero-order chi connectivity index (χ0) is 20.5. The molecule has 3 aromatic rings. The maximum absolute atomic E-state index is 13.0. The number of likely N-dealkylation sites (tertiary alicyclic amines) is 1. The molecule has 1 aromatic carbocycles. The van der Waals surface area contributed by atoms with Gasteiger partial charge in [-0.05, 0) is 37.3 Å². The van der Waals surface area contributed by atoms with Crippen molar-refractivity contribution in [3.63, 3.8) is 0 Å². The Balaban J connectivity index is 1.78. The van der Waals surface area contributed by atoms with Gasteiger partial charge in [0.2, 0.25) is 0 Å². The van der Waals surface area contributed by atoms with Crippen LogP contribution in [0.1, 0.15) is 31.2 Å². The molecule has 0 N–H and O–H groups in total. The zero-order valence-corrected chi connectivity index (χ0v) is 17.5. The maximum atomic E-state index is 13.0. The van der Waals surface area contributed by atoms with Crippen LogP contribution in [0.3, 0.4) is 0 Å². The minimum atomic E-state index is -0.339. The lowest BCUT2D eigenvalue weighted by Crippen LogP contribution is -2.37. The number of imidazole rings is 1. The zero-order valence-electron chi connectivity index (χ0n) is 17.5. The number of aromatic nitrogens is 4. The van der Waals surface area contributed by atoms with Gasteiger partial charge >= 0.3 is 5.69 Å². The van der Waals surface area contributed by atoms with Crippen LogP contribution in [0, 0.1) is 5.92 Å². The summed E-state index contributed by atoms with van der Waals surface area (Å²) in [5.74, 6) is 1.53. The van der Waals surface area contributed by atoms with Gasteiger partial charge in [-0.2, -0.15) is 0 Å². The van der Waals surface area contributed by atoms with Crippen LogP contribution in [0.15, 0.2) is 39.9 Å². The predicted octanol–water partition coefficient (Wildman–Crippen LogP) is 1.91. The molecule has 0 radical (unpaired) electrons. The first-order chi connectivity index (χ1) is 14.0. The van der Waals surface area contributed by atoms with Crippen molar-refractivity contribution < 1.29 is 0 Å². The number of rotatable bonds is 5. The average Bonchev–Trinajstić information content (AvgIpc) is 3.08.